The summed E-state index contributed by atoms with van der Waals surface area (Å²) in [6, 6.07) is 9.61. The Hall–Kier alpha value is -3.99. The summed E-state index contributed by atoms with van der Waals surface area (Å²) in [5.74, 6) is 0.207. The SMILES string of the molecule is C=CN1/C(=C\C=C\c2n(CC(F)(F)F)c3cc(S(=O)(=O)N4CCCCC4)ccc3[n+]2C)N(C#CSOOO)c2cc(C(F)(F)F)ccc21. The number of hydrogen-bond acceptors (Lipinski definition) is 8. The van der Waals surface area contributed by atoms with Gasteiger partial charge in [-0.25, -0.2) is 22.8 Å². The van der Waals surface area contributed by atoms with Crippen LogP contribution >= 0.6 is 12.0 Å². The molecule has 2 aliphatic rings. The third-order valence-electron chi connectivity index (χ3n) is 7.73. The number of aromatic nitrogens is 2. The lowest BCUT2D eigenvalue weighted by atomic mass is 10.1. The van der Waals surface area contributed by atoms with Gasteiger partial charge in [0, 0.05) is 42.7 Å². The molecule has 1 fully saturated rings. The number of aryl methyl sites for hydroxylation is 1. The largest absolute Gasteiger partial charge is 0.426 e. The first-order valence-corrected chi connectivity index (χ1v) is 16.4. The van der Waals surface area contributed by atoms with Crippen LogP contribution in [0, 0.1) is 11.3 Å². The van der Waals surface area contributed by atoms with Gasteiger partial charge in [0.15, 0.2) is 17.6 Å². The number of nitrogens with zero attached hydrogens (tertiary/aromatic N) is 5. The minimum Gasteiger partial charge on any atom is -0.301 e. The van der Waals surface area contributed by atoms with Gasteiger partial charge in [0.05, 0.1) is 28.9 Å². The second kappa shape index (κ2) is 13.9. The first-order valence-electron chi connectivity index (χ1n) is 14.2. The van der Waals surface area contributed by atoms with Crippen molar-refractivity contribution in [2.75, 3.05) is 22.9 Å². The maximum absolute atomic E-state index is 13.9. The standard InChI is InChI=1S/C30H27F6N5O5S2/c1-3-39-24-12-10-21(30(34,35)36)18-25(24)40(16-17-47-46-45-42)28(39)9-7-8-27-37(2)23-13-11-22(19-26(23)41(27)20-29(31,32)33)48(43,44)38-14-5-4-6-15-38/h3,7-13,18-19H,1,4-6,14-15,20H2,2H3/p+1. The number of fused-ring (bicyclic) bond motifs is 2. The van der Waals surface area contributed by atoms with Gasteiger partial charge in [-0.15, -0.1) is 4.33 Å². The number of allylic oxidation sites excluding steroid dienone is 2. The van der Waals surface area contributed by atoms with Crippen molar-refractivity contribution in [3.05, 3.63) is 78.5 Å². The van der Waals surface area contributed by atoms with E-state index in [4.69, 9.17) is 5.26 Å². The predicted octanol–water partition coefficient (Wildman–Crippen LogP) is 6.53. The van der Waals surface area contributed by atoms with Gasteiger partial charge in [0.2, 0.25) is 10.0 Å². The van der Waals surface area contributed by atoms with Gasteiger partial charge in [-0.05, 0) is 49.2 Å². The summed E-state index contributed by atoms with van der Waals surface area (Å²) in [4.78, 5) is 2.47. The zero-order chi connectivity index (χ0) is 34.9. The van der Waals surface area contributed by atoms with E-state index in [2.05, 4.69) is 27.2 Å². The molecular formula is C30H28F6N5O5S2+. The van der Waals surface area contributed by atoms with Gasteiger partial charge in [0.25, 0.3) is 5.82 Å². The second-order valence-corrected chi connectivity index (χ2v) is 13.1. The zero-order valence-corrected chi connectivity index (χ0v) is 26.8. The van der Waals surface area contributed by atoms with E-state index in [-0.39, 0.29) is 33.4 Å². The lowest BCUT2D eigenvalue weighted by molar-refractivity contribution is -0.647. The minimum atomic E-state index is -4.67. The molecule has 0 bridgehead atoms. The number of imidazole rings is 1. The summed E-state index contributed by atoms with van der Waals surface area (Å²) < 4.78 is 117. The van der Waals surface area contributed by atoms with Crippen molar-refractivity contribution in [3.63, 3.8) is 0 Å². The minimum absolute atomic E-state index is 0.0153. The van der Waals surface area contributed by atoms with Crippen LogP contribution in [0.5, 0.6) is 0 Å². The molecule has 0 radical (unpaired) electrons. The third-order valence-corrected chi connectivity index (χ3v) is 9.92. The van der Waals surface area contributed by atoms with Crippen molar-refractivity contribution >= 4 is 50.6 Å². The monoisotopic (exact) mass is 716 g/mol. The van der Waals surface area contributed by atoms with E-state index in [9.17, 15) is 34.8 Å². The lowest BCUT2D eigenvalue weighted by Gasteiger charge is -2.25. The van der Waals surface area contributed by atoms with Crippen LogP contribution in [-0.2, 0) is 39.2 Å². The molecule has 1 N–H and O–H groups in total. The number of piperidine rings is 1. The average Bonchev–Trinajstić information content (AvgIpc) is 3.47. The average molecular weight is 717 g/mol. The Kier molecular flexibility index (Phi) is 10.2. The van der Waals surface area contributed by atoms with E-state index in [0.29, 0.717) is 43.5 Å². The first-order chi connectivity index (χ1) is 22.7. The fourth-order valence-corrected chi connectivity index (χ4v) is 7.34. The van der Waals surface area contributed by atoms with Crippen molar-refractivity contribution in [2.24, 2.45) is 7.05 Å². The number of alkyl halides is 6. The normalized spacial score (nSPS) is 17.0. The van der Waals surface area contributed by atoms with Crippen LogP contribution in [0.4, 0.5) is 37.7 Å². The van der Waals surface area contributed by atoms with E-state index in [1.165, 1.54) is 74.4 Å². The maximum atomic E-state index is 13.9. The molecule has 3 aromatic rings. The molecule has 5 rings (SSSR count). The molecule has 0 atom stereocenters. The van der Waals surface area contributed by atoms with Gasteiger partial charge < -0.3 is 4.90 Å². The van der Waals surface area contributed by atoms with Crippen LogP contribution in [0.1, 0.15) is 30.7 Å². The summed E-state index contributed by atoms with van der Waals surface area (Å²) in [5, 5.41) is 14.3. The van der Waals surface area contributed by atoms with Crippen molar-refractivity contribution in [1.82, 2.24) is 8.87 Å². The molecule has 48 heavy (non-hydrogen) atoms. The Labute approximate surface area is 275 Å². The number of benzene rings is 2. The fraction of sp³-hybridized carbons (Fsp3) is 0.300. The highest BCUT2D eigenvalue weighted by Gasteiger charge is 2.38. The molecule has 0 unspecified atom stereocenters. The first kappa shape index (κ1) is 35.3. The molecule has 18 heteroatoms. The quantitative estimate of drug-likeness (QED) is 0.0536. The van der Waals surface area contributed by atoms with E-state index in [0.717, 1.165) is 23.1 Å². The van der Waals surface area contributed by atoms with E-state index >= 15 is 0 Å². The number of rotatable bonds is 8. The van der Waals surface area contributed by atoms with Gasteiger partial charge in [-0.3, -0.25) is 4.90 Å². The topological polar surface area (TPSA) is 91.4 Å². The Bertz CT molecular complexity index is 1940. The second-order valence-electron chi connectivity index (χ2n) is 10.6. The molecule has 1 aromatic heterocycles. The van der Waals surface area contributed by atoms with Gasteiger partial charge in [0.1, 0.15) is 17.9 Å². The highest BCUT2D eigenvalue weighted by molar-refractivity contribution is 7.99. The smallest absolute Gasteiger partial charge is 0.301 e. The Morgan fingerprint density at radius 2 is 1.79 bits per heavy atom. The van der Waals surface area contributed by atoms with E-state index in [1.54, 1.807) is 0 Å². The molecule has 10 nitrogen and oxygen atoms in total. The molecule has 1 saturated heterocycles. The van der Waals surface area contributed by atoms with Crippen molar-refractivity contribution in [1.29, 1.82) is 0 Å². The molecule has 0 spiro atoms. The number of anilines is 2. The molecule has 256 valence electrons. The van der Waals surface area contributed by atoms with Crippen LogP contribution in [0.25, 0.3) is 17.1 Å². The Morgan fingerprint density at radius 1 is 1.06 bits per heavy atom. The molecule has 3 heterocycles. The highest BCUT2D eigenvalue weighted by atomic mass is 32.2. The van der Waals surface area contributed by atoms with E-state index < -0.39 is 34.5 Å². The van der Waals surface area contributed by atoms with Gasteiger partial charge >= 0.3 is 12.4 Å². The van der Waals surface area contributed by atoms with Crippen LogP contribution in [0.15, 0.2) is 72.0 Å². The van der Waals surface area contributed by atoms with Crippen molar-refractivity contribution in [3.8, 4) is 11.3 Å². The zero-order valence-electron chi connectivity index (χ0n) is 25.1. The Balaban J connectivity index is 1.60. The van der Waals surface area contributed by atoms with Crippen molar-refractivity contribution in [2.45, 2.75) is 43.1 Å². The maximum Gasteiger partial charge on any atom is 0.426 e. The van der Waals surface area contributed by atoms with Gasteiger partial charge in [-0.2, -0.15) is 30.6 Å². The Morgan fingerprint density at radius 3 is 2.44 bits per heavy atom. The van der Waals surface area contributed by atoms with Crippen molar-refractivity contribution < 1.29 is 54.0 Å². The summed E-state index contributed by atoms with van der Waals surface area (Å²) in [5.41, 5.74) is -0.296. The molecule has 0 aliphatic carbocycles. The third kappa shape index (κ3) is 7.21. The summed E-state index contributed by atoms with van der Waals surface area (Å²) >= 11 is 0.334. The van der Waals surface area contributed by atoms with Crippen LogP contribution < -0.4 is 14.4 Å². The lowest BCUT2D eigenvalue weighted by Crippen LogP contribution is -2.35. The van der Waals surface area contributed by atoms with Crippen LogP contribution in [0.2, 0.25) is 0 Å². The summed E-state index contributed by atoms with van der Waals surface area (Å²) in [6.07, 6.45) is -1.62. The molecule has 0 saturated carbocycles. The van der Waals surface area contributed by atoms with Crippen LogP contribution in [0.3, 0.4) is 0 Å². The number of sulfonamides is 1. The molecule has 2 aromatic carbocycles. The summed E-state index contributed by atoms with van der Waals surface area (Å²) in [6.45, 7) is 2.95. The number of halogens is 6. The molecule has 0 amide bonds. The molecule has 2 aliphatic heterocycles. The molecular weight excluding hydrogens is 688 g/mol. The van der Waals surface area contributed by atoms with Gasteiger partial charge in [-0.1, -0.05) is 24.1 Å². The summed E-state index contributed by atoms with van der Waals surface area (Å²) in [7, 11) is -2.42. The predicted molar refractivity (Wildman–Crippen MR) is 166 cm³/mol. The van der Waals surface area contributed by atoms with E-state index in [1.807, 2.05) is 0 Å². The highest BCUT2D eigenvalue weighted by Crippen LogP contribution is 2.44. The number of hydrogen-bond donors (Lipinski definition) is 1. The van der Waals surface area contributed by atoms with Crippen LogP contribution in [-0.4, -0.2) is 41.8 Å². The fourth-order valence-electron chi connectivity index (χ4n) is 5.61.